The highest BCUT2D eigenvalue weighted by atomic mass is 32.2. The first-order valence-corrected chi connectivity index (χ1v) is 13.2. The smallest absolute Gasteiger partial charge is 0.256 e. The number of thiazole rings is 1. The maximum Gasteiger partial charge on any atom is 0.256 e. The zero-order valence-corrected chi connectivity index (χ0v) is 19.9. The standard InChI is InChI=1S/C22H26N4O4S2/c1-11-20(31-22(23-11)24-13(3)27)15-8-16-10-26(12(2)14-4-5-14)21(28)19(16)18(9-15)32(29,30)25-17-6-7-17/h8-9,12,14,17,25H,4-7,10H2,1-3H3,(H,23,24,27)/t12-/m0/s1. The number of anilines is 1. The third-order valence-electron chi connectivity index (χ3n) is 6.33. The van der Waals surface area contributed by atoms with Crippen molar-refractivity contribution in [2.24, 2.45) is 5.92 Å². The van der Waals surface area contributed by atoms with Crippen LogP contribution in [0.15, 0.2) is 17.0 Å². The lowest BCUT2D eigenvalue weighted by atomic mass is 10.0. The average molecular weight is 475 g/mol. The van der Waals surface area contributed by atoms with Crippen molar-refractivity contribution in [2.45, 2.75) is 70.0 Å². The minimum Gasteiger partial charge on any atom is -0.331 e. The number of rotatable bonds is 7. The molecule has 0 radical (unpaired) electrons. The summed E-state index contributed by atoms with van der Waals surface area (Å²) in [7, 11) is -3.85. The van der Waals surface area contributed by atoms with E-state index >= 15 is 0 Å². The van der Waals surface area contributed by atoms with Gasteiger partial charge < -0.3 is 10.2 Å². The van der Waals surface area contributed by atoms with Crippen molar-refractivity contribution in [3.63, 3.8) is 0 Å². The number of nitrogens with one attached hydrogen (secondary N) is 2. The van der Waals surface area contributed by atoms with Gasteiger partial charge in [0.05, 0.1) is 21.0 Å². The number of benzene rings is 1. The predicted octanol–water partition coefficient (Wildman–Crippen LogP) is 3.27. The fourth-order valence-electron chi connectivity index (χ4n) is 4.30. The van der Waals surface area contributed by atoms with Crippen LogP contribution in [0.1, 0.15) is 61.1 Å². The number of aromatic nitrogens is 1. The number of nitrogens with zero attached hydrogens (tertiary/aromatic N) is 2. The quantitative estimate of drug-likeness (QED) is 0.640. The first-order chi connectivity index (χ1) is 15.1. The topological polar surface area (TPSA) is 108 Å². The Morgan fingerprint density at radius 1 is 1.25 bits per heavy atom. The second-order valence-electron chi connectivity index (χ2n) is 9.03. The van der Waals surface area contributed by atoms with Gasteiger partial charge >= 0.3 is 0 Å². The van der Waals surface area contributed by atoms with Gasteiger partial charge in [-0.05, 0) is 68.7 Å². The van der Waals surface area contributed by atoms with Crippen molar-refractivity contribution >= 4 is 38.3 Å². The molecule has 2 N–H and O–H groups in total. The molecule has 1 aromatic heterocycles. The van der Waals surface area contributed by atoms with Crippen molar-refractivity contribution < 1.29 is 18.0 Å². The molecule has 170 valence electrons. The van der Waals surface area contributed by atoms with Crippen molar-refractivity contribution in [3.05, 3.63) is 29.0 Å². The van der Waals surface area contributed by atoms with E-state index in [1.54, 1.807) is 6.07 Å². The average Bonchev–Trinajstić information content (AvgIpc) is 3.63. The highest BCUT2D eigenvalue weighted by Gasteiger charge is 2.42. The molecule has 1 aromatic carbocycles. The molecule has 8 nitrogen and oxygen atoms in total. The molecular weight excluding hydrogens is 448 g/mol. The van der Waals surface area contributed by atoms with E-state index in [1.807, 2.05) is 24.8 Å². The number of carbonyl (C=O) groups is 2. The van der Waals surface area contributed by atoms with Gasteiger partial charge in [0, 0.05) is 25.6 Å². The molecule has 0 bridgehead atoms. The van der Waals surface area contributed by atoms with Gasteiger partial charge in [0.25, 0.3) is 5.91 Å². The number of hydrogen-bond acceptors (Lipinski definition) is 6. The van der Waals surface area contributed by atoms with Crippen LogP contribution in [0, 0.1) is 12.8 Å². The van der Waals surface area contributed by atoms with Gasteiger partial charge in [0.1, 0.15) is 0 Å². The van der Waals surface area contributed by atoms with E-state index in [4.69, 9.17) is 0 Å². The molecule has 2 heterocycles. The van der Waals surface area contributed by atoms with Gasteiger partial charge in [-0.15, -0.1) is 0 Å². The number of hydrogen-bond donors (Lipinski definition) is 2. The Morgan fingerprint density at radius 3 is 2.59 bits per heavy atom. The Labute approximate surface area is 191 Å². The van der Waals surface area contributed by atoms with E-state index in [9.17, 15) is 18.0 Å². The molecule has 2 amide bonds. The van der Waals surface area contributed by atoms with Crippen molar-refractivity contribution in [1.29, 1.82) is 0 Å². The lowest BCUT2D eigenvalue weighted by Gasteiger charge is -2.24. The maximum absolute atomic E-state index is 13.4. The minimum absolute atomic E-state index is 0.0428. The summed E-state index contributed by atoms with van der Waals surface area (Å²) in [6, 6.07) is 3.52. The van der Waals surface area contributed by atoms with Crippen LogP contribution < -0.4 is 10.0 Å². The molecule has 2 fully saturated rings. The van der Waals surface area contributed by atoms with Crippen LogP contribution in [0.3, 0.4) is 0 Å². The zero-order valence-electron chi connectivity index (χ0n) is 18.3. The van der Waals surface area contributed by atoms with E-state index in [1.165, 1.54) is 18.3 Å². The number of amides is 2. The van der Waals surface area contributed by atoms with Crippen LogP contribution in [0.2, 0.25) is 0 Å². The molecule has 10 heteroatoms. The maximum atomic E-state index is 13.4. The number of carbonyl (C=O) groups excluding carboxylic acids is 2. The van der Waals surface area contributed by atoms with Gasteiger partial charge in [-0.1, -0.05) is 11.3 Å². The van der Waals surface area contributed by atoms with Crippen LogP contribution in [-0.2, 0) is 21.4 Å². The summed E-state index contributed by atoms with van der Waals surface area (Å²) >= 11 is 1.30. The van der Waals surface area contributed by atoms with Crippen molar-refractivity contribution in [1.82, 2.24) is 14.6 Å². The highest BCUT2D eigenvalue weighted by molar-refractivity contribution is 7.89. The van der Waals surface area contributed by atoms with Crippen LogP contribution >= 0.6 is 11.3 Å². The summed E-state index contributed by atoms with van der Waals surface area (Å²) in [6.45, 7) is 5.70. The van der Waals surface area contributed by atoms with Crippen LogP contribution in [0.4, 0.5) is 5.13 Å². The lowest BCUT2D eigenvalue weighted by Crippen LogP contribution is -2.35. The number of aryl methyl sites for hydroxylation is 1. The summed E-state index contributed by atoms with van der Waals surface area (Å²) < 4.78 is 29.3. The zero-order chi connectivity index (χ0) is 22.8. The molecular formula is C22H26N4O4S2. The fraction of sp³-hybridized carbons (Fsp3) is 0.500. The Bertz CT molecular complexity index is 1230. The molecule has 0 unspecified atom stereocenters. The summed E-state index contributed by atoms with van der Waals surface area (Å²) in [5.74, 6) is 0.0647. The SMILES string of the molecule is CC(=O)Nc1nc(C)c(-c2cc3c(c(S(=O)(=O)NC4CC4)c2)C(=O)N([C@@H](C)C2CC2)C3)s1. The summed E-state index contributed by atoms with van der Waals surface area (Å²) in [5.41, 5.74) is 2.41. The van der Waals surface area contributed by atoms with Crippen LogP contribution in [0.5, 0.6) is 0 Å². The van der Waals surface area contributed by atoms with Gasteiger partial charge in [-0.2, -0.15) is 0 Å². The monoisotopic (exact) mass is 474 g/mol. The van der Waals surface area contributed by atoms with E-state index in [2.05, 4.69) is 15.0 Å². The Hall–Kier alpha value is -2.30. The second-order valence-corrected chi connectivity index (χ2v) is 11.7. The Kier molecular flexibility index (Phi) is 5.14. The van der Waals surface area contributed by atoms with Crippen LogP contribution in [-0.4, -0.2) is 42.2 Å². The number of sulfonamides is 1. The minimum atomic E-state index is -3.85. The third-order valence-corrected chi connectivity index (χ3v) is 8.99. The summed E-state index contributed by atoms with van der Waals surface area (Å²) in [4.78, 5) is 31.8. The third kappa shape index (κ3) is 3.95. The first-order valence-electron chi connectivity index (χ1n) is 10.9. The van der Waals surface area contributed by atoms with Gasteiger partial charge in [-0.3, -0.25) is 9.59 Å². The molecule has 0 spiro atoms. The van der Waals surface area contributed by atoms with E-state index in [0.717, 1.165) is 36.1 Å². The molecule has 3 aliphatic rings. The Morgan fingerprint density at radius 2 is 1.97 bits per heavy atom. The van der Waals surface area contributed by atoms with Gasteiger partial charge in [0.15, 0.2) is 5.13 Å². The molecule has 0 saturated heterocycles. The summed E-state index contributed by atoms with van der Waals surface area (Å²) in [5, 5.41) is 3.16. The molecule has 5 rings (SSSR count). The fourth-order valence-corrected chi connectivity index (χ4v) is 6.87. The largest absolute Gasteiger partial charge is 0.331 e. The van der Waals surface area contributed by atoms with Crippen molar-refractivity contribution in [3.8, 4) is 10.4 Å². The van der Waals surface area contributed by atoms with E-state index < -0.39 is 10.0 Å². The first kappa shape index (κ1) is 21.5. The molecule has 2 aliphatic carbocycles. The van der Waals surface area contributed by atoms with Crippen LogP contribution in [0.25, 0.3) is 10.4 Å². The summed E-state index contributed by atoms with van der Waals surface area (Å²) in [6.07, 6.45) is 3.84. The van der Waals surface area contributed by atoms with Crippen molar-refractivity contribution in [2.75, 3.05) is 5.32 Å². The van der Waals surface area contributed by atoms with Gasteiger partial charge in [-0.25, -0.2) is 18.1 Å². The lowest BCUT2D eigenvalue weighted by molar-refractivity contribution is -0.114. The van der Waals surface area contributed by atoms with E-state index in [-0.39, 0.29) is 28.8 Å². The molecule has 2 saturated carbocycles. The van der Waals surface area contributed by atoms with Gasteiger partial charge in [0.2, 0.25) is 15.9 Å². The molecule has 2 aromatic rings. The molecule has 32 heavy (non-hydrogen) atoms. The normalized spacial score (nSPS) is 19.2. The van der Waals surface area contributed by atoms with E-state index in [0.29, 0.717) is 34.4 Å². The molecule has 1 atom stereocenters. The molecule has 1 aliphatic heterocycles. The predicted molar refractivity (Wildman–Crippen MR) is 122 cm³/mol. The highest BCUT2D eigenvalue weighted by Crippen LogP contribution is 2.42. The Balaban J connectivity index is 1.61. The number of fused-ring (bicyclic) bond motifs is 1. The second kappa shape index (κ2) is 7.64.